The lowest BCUT2D eigenvalue weighted by atomic mass is 9.96. The summed E-state index contributed by atoms with van der Waals surface area (Å²) >= 11 is 1.87. The summed E-state index contributed by atoms with van der Waals surface area (Å²) in [5.41, 5.74) is 0.766. The van der Waals surface area contributed by atoms with E-state index in [2.05, 4.69) is 50.4 Å². The standard InChI is InChI=1S/C17H25NO2S/c1-12(2)18-17(16(19)20-4)9-8-15(11-17)21-14-7-5-6-13(3)10-14/h5-7,10,12,15,18H,8-9,11H2,1-4H3. The van der Waals surface area contributed by atoms with E-state index >= 15 is 0 Å². The summed E-state index contributed by atoms with van der Waals surface area (Å²) in [4.78, 5) is 13.5. The van der Waals surface area contributed by atoms with Crippen LogP contribution in [0.2, 0.25) is 0 Å². The molecule has 0 radical (unpaired) electrons. The molecule has 0 aromatic heterocycles. The maximum atomic E-state index is 12.2. The third-order valence-corrected chi connectivity index (χ3v) is 5.16. The van der Waals surface area contributed by atoms with Crippen LogP contribution in [0, 0.1) is 6.92 Å². The maximum absolute atomic E-state index is 12.2. The molecule has 0 bridgehead atoms. The molecular weight excluding hydrogens is 282 g/mol. The fourth-order valence-electron chi connectivity index (χ4n) is 3.11. The number of rotatable bonds is 5. The fourth-order valence-corrected chi connectivity index (χ4v) is 4.50. The molecule has 1 saturated carbocycles. The van der Waals surface area contributed by atoms with Crippen molar-refractivity contribution in [2.24, 2.45) is 0 Å². The SMILES string of the molecule is COC(=O)C1(NC(C)C)CCC(Sc2cccc(C)c2)C1. The fraction of sp³-hybridized carbons (Fsp3) is 0.588. The Morgan fingerprint density at radius 1 is 1.48 bits per heavy atom. The van der Waals surface area contributed by atoms with E-state index in [1.54, 1.807) is 0 Å². The van der Waals surface area contributed by atoms with Gasteiger partial charge in [0.1, 0.15) is 5.54 Å². The van der Waals surface area contributed by atoms with Crippen molar-refractivity contribution in [1.29, 1.82) is 0 Å². The Morgan fingerprint density at radius 3 is 2.86 bits per heavy atom. The molecule has 3 nitrogen and oxygen atoms in total. The monoisotopic (exact) mass is 307 g/mol. The summed E-state index contributed by atoms with van der Waals surface area (Å²) in [5.74, 6) is -0.122. The summed E-state index contributed by atoms with van der Waals surface area (Å²) in [7, 11) is 1.48. The number of hydrogen-bond acceptors (Lipinski definition) is 4. The summed E-state index contributed by atoms with van der Waals surface area (Å²) in [5, 5.41) is 3.90. The normalized spacial score (nSPS) is 25.3. The number of esters is 1. The predicted molar refractivity (Wildman–Crippen MR) is 87.7 cm³/mol. The van der Waals surface area contributed by atoms with Gasteiger partial charge in [0.05, 0.1) is 7.11 Å². The second-order valence-corrected chi connectivity index (χ2v) is 7.55. The highest BCUT2D eigenvalue weighted by Crippen LogP contribution is 2.41. The van der Waals surface area contributed by atoms with Crippen molar-refractivity contribution in [1.82, 2.24) is 5.32 Å². The van der Waals surface area contributed by atoms with Gasteiger partial charge >= 0.3 is 5.97 Å². The van der Waals surface area contributed by atoms with Gasteiger partial charge < -0.3 is 4.74 Å². The number of benzene rings is 1. The van der Waals surface area contributed by atoms with Crippen LogP contribution in [0.4, 0.5) is 0 Å². The van der Waals surface area contributed by atoms with Crippen molar-refractivity contribution in [2.75, 3.05) is 7.11 Å². The van der Waals surface area contributed by atoms with Crippen LogP contribution in [0.1, 0.15) is 38.7 Å². The van der Waals surface area contributed by atoms with Crippen molar-refractivity contribution in [3.8, 4) is 0 Å². The average Bonchev–Trinajstić information content (AvgIpc) is 2.81. The van der Waals surface area contributed by atoms with Crippen LogP contribution in [0.15, 0.2) is 29.2 Å². The molecule has 0 spiro atoms. The van der Waals surface area contributed by atoms with Crippen LogP contribution < -0.4 is 5.32 Å². The molecule has 0 aliphatic heterocycles. The van der Waals surface area contributed by atoms with E-state index in [0.29, 0.717) is 5.25 Å². The quantitative estimate of drug-likeness (QED) is 0.844. The Balaban J connectivity index is 2.07. The first-order valence-electron chi connectivity index (χ1n) is 7.54. The molecule has 2 atom stereocenters. The smallest absolute Gasteiger partial charge is 0.326 e. The van der Waals surface area contributed by atoms with Crippen molar-refractivity contribution in [3.05, 3.63) is 29.8 Å². The predicted octanol–water partition coefficient (Wildman–Crippen LogP) is 3.55. The largest absolute Gasteiger partial charge is 0.468 e. The topological polar surface area (TPSA) is 38.3 Å². The highest BCUT2D eigenvalue weighted by molar-refractivity contribution is 8.00. The van der Waals surface area contributed by atoms with Crippen molar-refractivity contribution < 1.29 is 9.53 Å². The van der Waals surface area contributed by atoms with E-state index in [-0.39, 0.29) is 12.0 Å². The number of ether oxygens (including phenoxy) is 1. The highest BCUT2D eigenvalue weighted by atomic mass is 32.2. The van der Waals surface area contributed by atoms with Gasteiger partial charge in [0.15, 0.2) is 0 Å². The molecular formula is C17H25NO2S. The summed E-state index contributed by atoms with van der Waals surface area (Å²) in [6.07, 6.45) is 2.71. The van der Waals surface area contributed by atoms with Crippen LogP contribution in [0.5, 0.6) is 0 Å². The lowest BCUT2D eigenvalue weighted by Gasteiger charge is -2.30. The Morgan fingerprint density at radius 2 is 2.24 bits per heavy atom. The number of thioether (sulfide) groups is 1. The molecule has 2 rings (SSSR count). The molecule has 1 aliphatic rings. The molecule has 0 amide bonds. The van der Waals surface area contributed by atoms with Gasteiger partial charge in [-0.3, -0.25) is 10.1 Å². The molecule has 21 heavy (non-hydrogen) atoms. The summed E-state index contributed by atoms with van der Waals surface area (Å²) in [6.45, 7) is 6.26. The number of hydrogen-bond donors (Lipinski definition) is 1. The third kappa shape index (κ3) is 4.01. The Hall–Kier alpha value is -1.00. The minimum Gasteiger partial charge on any atom is -0.468 e. The molecule has 0 saturated heterocycles. The highest BCUT2D eigenvalue weighted by Gasteiger charge is 2.46. The molecule has 1 aliphatic carbocycles. The van der Waals surface area contributed by atoms with Crippen LogP contribution >= 0.6 is 11.8 Å². The second kappa shape index (κ2) is 6.84. The van der Waals surface area contributed by atoms with Crippen molar-refractivity contribution in [2.45, 2.75) is 61.8 Å². The van der Waals surface area contributed by atoms with E-state index in [4.69, 9.17) is 4.74 Å². The lowest BCUT2D eigenvalue weighted by Crippen LogP contribution is -2.53. The van der Waals surface area contributed by atoms with Crippen LogP contribution in [-0.4, -0.2) is 29.9 Å². The van der Waals surface area contributed by atoms with Gasteiger partial charge in [0, 0.05) is 16.2 Å². The first-order valence-corrected chi connectivity index (χ1v) is 8.42. The van der Waals surface area contributed by atoms with E-state index in [1.807, 2.05) is 11.8 Å². The van der Waals surface area contributed by atoms with Gasteiger partial charge in [0.25, 0.3) is 0 Å². The van der Waals surface area contributed by atoms with E-state index < -0.39 is 5.54 Å². The van der Waals surface area contributed by atoms with Crippen molar-refractivity contribution >= 4 is 17.7 Å². The van der Waals surface area contributed by atoms with E-state index in [9.17, 15) is 4.79 Å². The van der Waals surface area contributed by atoms with E-state index in [0.717, 1.165) is 19.3 Å². The molecule has 4 heteroatoms. The zero-order chi connectivity index (χ0) is 15.5. The number of aryl methyl sites for hydroxylation is 1. The second-order valence-electron chi connectivity index (χ2n) is 6.17. The zero-order valence-electron chi connectivity index (χ0n) is 13.3. The number of nitrogens with one attached hydrogen (secondary N) is 1. The van der Waals surface area contributed by atoms with Crippen LogP contribution in [0.25, 0.3) is 0 Å². The Kier molecular flexibility index (Phi) is 5.33. The minimum absolute atomic E-state index is 0.122. The number of methoxy groups -OCH3 is 1. The van der Waals surface area contributed by atoms with Gasteiger partial charge in [-0.25, -0.2) is 0 Å². The number of carbonyl (C=O) groups is 1. The molecule has 1 aromatic carbocycles. The third-order valence-electron chi connectivity index (χ3n) is 3.90. The van der Waals surface area contributed by atoms with Gasteiger partial charge in [0.2, 0.25) is 0 Å². The van der Waals surface area contributed by atoms with Crippen LogP contribution in [0.3, 0.4) is 0 Å². The summed E-state index contributed by atoms with van der Waals surface area (Å²) < 4.78 is 5.05. The first-order chi connectivity index (χ1) is 9.95. The molecule has 0 heterocycles. The maximum Gasteiger partial charge on any atom is 0.326 e. The van der Waals surface area contributed by atoms with Gasteiger partial charge in [-0.2, -0.15) is 0 Å². The summed E-state index contributed by atoms with van der Waals surface area (Å²) in [6, 6.07) is 8.82. The van der Waals surface area contributed by atoms with Crippen molar-refractivity contribution in [3.63, 3.8) is 0 Å². The molecule has 116 valence electrons. The minimum atomic E-state index is -0.510. The lowest BCUT2D eigenvalue weighted by molar-refractivity contribution is -0.148. The Labute approximate surface area is 131 Å². The van der Waals surface area contributed by atoms with Gasteiger partial charge in [-0.05, 0) is 52.2 Å². The van der Waals surface area contributed by atoms with Gasteiger partial charge in [-0.15, -0.1) is 11.8 Å². The van der Waals surface area contributed by atoms with Gasteiger partial charge in [-0.1, -0.05) is 17.7 Å². The average molecular weight is 307 g/mol. The van der Waals surface area contributed by atoms with Crippen LogP contribution in [-0.2, 0) is 9.53 Å². The molecule has 2 unspecified atom stereocenters. The molecule has 1 aromatic rings. The Bertz CT molecular complexity index is 503. The molecule has 1 N–H and O–H groups in total. The number of carbonyl (C=O) groups excluding carboxylic acids is 1. The first kappa shape index (κ1) is 16.4. The zero-order valence-corrected chi connectivity index (χ0v) is 14.1. The van der Waals surface area contributed by atoms with E-state index in [1.165, 1.54) is 17.6 Å². The molecule has 1 fully saturated rings.